The van der Waals surface area contributed by atoms with Gasteiger partial charge in [0.2, 0.25) is 0 Å². The molecule has 130 valence electrons. The second-order valence-electron chi connectivity index (χ2n) is 7.44. The fourth-order valence-corrected chi connectivity index (χ4v) is 3.77. The predicted octanol–water partition coefficient (Wildman–Crippen LogP) is 7.23. The molecule has 0 aromatic rings. The molecule has 1 rings (SSSR count). The minimum atomic E-state index is 0.432. The van der Waals surface area contributed by atoms with Gasteiger partial charge in [-0.2, -0.15) is 0 Å². The van der Waals surface area contributed by atoms with E-state index in [4.69, 9.17) is 0 Å². The molecule has 0 aromatic heterocycles. The Bertz CT molecular complexity index is 253. The third-order valence-electron chi connectivity index (χ3n) is 5.34. The highest BCUT2D eigenvalue weighted by Crippen LogP contribution is 2.26. The van der Waals surface area contributed by atoms with E-state index in [2.05, 4.69) is 6.92 Å². The Balaban J connectivity index is 1.78. The molecular formula is C21H40O. The number of ketones is 1. The van der Waals surface area contributed by atoms with Crippen LogP contribution in [0.1, 0.15) is 122 Å². The van der Waals surface area contributed by atoms with Crippen LogP contribution in [0.2, 0.25) is 0 Å². The van der Waals surface area contributed by atoms with Crippen LogP contribution in [0.15, 0.2) is 0 Å². The Morgan fingerprint density at radius 3 is 1.64 bits per heavy atom. The van der Waals surface area contributed by atoms with Crippen LogP contribution in [0.25, 0.3) is 0 Å². The molecule has 0 amide bonds. The molecule has 0 N–H and O–H groups in total. The largest absolute Gasteiger partial charge is 0.299 e. The molecule has 0 aromatic carbocycles. The summed E-state index contributed by atoms with van der Waals surface area (Å²) in [4.78, 5) is 12.1. The summed E-state index contributed by atoms with van der Waals surface area (Å²) in [5.74, 6) is 1.01. The molecular weight excluding hydrogens is 268 g/mol. The van der Waals surface area contributed by atoms with Gasteiger partial charge in [-0.25, -0.2) is 0 Å². The topological polar surface area (TPSA) is 17.1 Å². The average molecular weight is 309 g/mol. The van der Waals surface area contributed by atoms with Crippen molar-refractivity contribution in [1.29, 1.82) is 0 Å². The van der Waals surface area contributed by atoms with Crippen molar-refractivity contribution in [2.75, 3.05) is 0 Å². The summed E-state index contributed by atoms with van der Waals surface area (Å²) < 4.78 is 0. The highest BCUT2D eigenvalue weighted by Gasteiger charge is 2.19. The summed E-state index contributed by atoms with van der Waals surface area (Å²) in [5, 5.41) is 0. The average Bonchev–Trinajstić information content (AvgIpc) is 2.56. The monoisotopic (exact) mass is 308 g/mol. The van der Waals surface area contributed by atoms with Crippen molar-refractivity contribution in [2.24, 2.45) is 5.92 Å². The Morgan fingerprint density at radius 2 is 1.14 bits per heavy atom. The van der Waals surface area contributed by atoms with Crippen LogP contribution in [0, 0.1) is 5.92 Å². The summed E-state index contributed by atoms with van der Waals surface area (Å²) in [7, 11) is 0. The van der Waals surface area contributed by atoms with E-state index in [9.17, 15) is 4.79 Å². The molecule has 0 unspecified atom stereocenters. The van der Waals surface area contributed by atoms with Gasteiger partial charge < -0.3 is 0 Å². The molecule has 0 atom stereocenters. The van der Waals surface area contributed by atoms with E-state index in [1.165, 1.54) is 103 Å². The molecule has 0 spiro atoms. The number of carbonyl (C=O) groups is 1. The lowest BCUT2D eigenvalue weighted by Crippen LogP contribution is -2.17. The van der Waals surface area contributed by atoms with Crippen LogP contribution in [0.4, 0.5) is 0 Å². The zero-order valence-corrected chi connectivity index (χ0v) is 15.2. The predicted molar refractivity (Wildman–Crippen MR) is 97.3 cm³/mol. The van der Waals surface area contributed by atoms with Gasteiger partial charge in [-0.15, -0.1) is 0 Å². The Morgan fingerprint density at radius 1 is 0.682 bits per heavy atom. The standard InChI is InChI=1S/C21H40O/c1-2-3-4-5-6-7-8-9-10-11-12-16-19-21(22)20-17-14-13-15-18-20/h20H,2-19H2,1H3. The summed E-state index contributed by atoms with van der Waals surface area (Å²) in [6.45, 7) is 2.28. The lowest BCUT2D eigenvalue weighted by atomic mass is 9.84. The van der Waals surface area contributed by atoms with E-state index in [0.717, 1.165) is 12.8 Å². The fraction of sp³-hybridized carbons (Fsp3) is 0.952. The van der Waals surface area contributed by atoms with Crippen molar-refractivity contribution >= 4 is 5.78 Å². The van der Waals surface area contributed by atoms with Gasteiger partial charge in [-0.05, 0) is 19.3 Å². The zero-order valence-electron chi connectivity index (χ0n) is 15.2. The lowest BCUT2D eigenvalue weighted by molar-refractivity contribution is -0.123. The first-order valence-corrected chi connectivity index (χ1v) is 10.4. The van der Waals surface area contributed by atoms with Gasteiger partial charge in [-0.1, -0.05) is 96.8 Å². The molecule has 1 saturated carbocycles. The molecule has 0 saturated heterocycles. The van der Waals surface area contributed by atoms with Crippen LogP contribution in [-0.4, -0.2) is 5.78 Å². The molecule has 22 heavy (non-hydrogen) atoms. The van der Waals surface area contributed by atoms with Gasteiger partial charge >= 0.3 is 0 Å². The van der Waals surface area contributed by atoms with Crippen molar-refractivity contribution < 1.29 is 4.79 Å². The van der Waals surface area contributed by atoms with Gasteiger partial charge in [0.15, 0.2) is 0 Å². The fourth-order valence-electron chi connectivity index (χ4n) is 3.77. The molecule has 0 heterocycles. The number of unbranched alkanes of at least 4 members (excludes halogenated alkanes) is 11. The van der Waals surface area contributed by atoms with Crippen LogP contribution in [0.5, 0.6) is 0 Å². The molecule has 1 nitrogen and oxygen atoms in total. The molecule has 0 bridgehead atoms. The Kier molecular flexibility index (Phi) is 12.8. The van der Waals surface area contributed by atoms with Gasteiger partial charge in [0, 0.05) is 12.3 Å². The van der Waals surface area contributed by atoms with Crippen molar-refractivity contribution in [3.8, 4) is 0 Å². The van der Waals surface area contributed by atoms with Gasteiger partial charge in [0.25, 0.3) is 0 Å². The molecule has 1 aliphatic carbocycles. The maximum atomic E-state index is 12.1. The van der Waals surface area contributed by atoms with Crippen molar-refractivity contribution in [1.82, 2.24) is 0 Å². The second kappa shape index (κ2) is 14.3. The minimum absolute atomic E-state index is 0.432. The van der Waals surface area contributed by atoms with Crippen molar-refractivity contribution in [3.63, 3.8) is 0 Å². The van der Waals surface area contributed by atoms with E-state index in [0.29, 0.717) is 11.7 Å². The first-order valence-electron chi connectivity index (χ1n) is 10.4. The third kappa shape index (κ3) is 10.4. The maximum absolute atomic E-state index is 12.1. The summed E-state index contributed by atoms with van der Waals surface area (Å²) in [6.07, 6.45) is 23.6. The maximum Gasteiger partial charge on any atom is 0.135 e. The first kappa shape index (κ1) is 19.7. The number of hydrogen-bond acceptors (Lipinski definition) is 1. The van der Waals surface area contributed by atoms with E-state index in [1.54, 1.807) is 0 Å². The number of rotatable bonds is 14. The molecule has 1 heteroatoms. The van der Waals surface area contributed by atoms with Crippen molar-refractivity contribution in [3.05, 3.63) is 0 Å². The molecule has 0 radical (unpaired) electrons. The summed E-state index contributed by atoms with van der Waals surface area (Å²) in [6, 6.07) is 0. The number of hydrogen-bond donors (Lipinski definition) is 0. The zero-order chi connectivity index (χ0) is 15.9. The molecule has 1 aliphatic rings. The van der Waals surface area contributed by atoms with E-state index >= 15 is 0 Å². The van der Waals surface area contributed by atoms with Crippen LogP contribution < -0.4 is 0 Å². The number of Topliss-reactive ketones (excluding diaryl/α,β-unsaturated/α-hetero) is 1. The highest BCUT2D eigenvalue weighted by molar-refractivity contribution is 5.80. The quantitative estimate of drug-likeness (QED) is 0.309. The molecule has 1 fully saturated rings. The first-order chi connectivity index (χ1) is 10.8. The van der Waals surface area contributed by atoms with E-state index < -0.39 is 0 Å². The SMILES string of the molecule is CCCCCCCCCCCCCCC(=O)C1CCCCC1. The van der Waals surface area contributed by atoms with Gasteiger partial charge in [0.05, 0.1) is 0 Å². The Labute approximate surface area is 139 Å². The second-order valence-corrected chi connectivity index (χ2v) is 7.44. The minimum Gasteiger partial charge on any atom is -0.299 e. The summed E-state index contributed by atoms with van der Waals surface area (Å²) in [5.41, 5.74) is 0. The van der Waals surface area contributed by atoms with Crippen molar-refractivity contribution in [2.45, 2.75) is 122 Å². The van der Waals surface area contributed by atoms with Crippen LogP contribution in [-0.2, 0) is 4.79 Å². The third-order valence-corrected chi connectivity index (χ3v) is 5.34. The lowest BCUT2D eigenvalue weighted by Gasteiger charge is -2.20. The molecule has 0 aliphatic heterocycles. The number of carbonyl (C=O) groups excluding carboxylic acids is 1. The Hall–Kier alpha value is -0.330. The van der Waals surface area contributed by atoms with E-state index in [-0.39, 0.29) is 0 Å². The normalized spacial score (nSPS) is 16.0. The van der Waals surface area contributed by atoms with Gasteiger partial charge in [0.1, 0.15) is 5.78 Å². The van der Waals surface area contributed by atoms with Gasteiger partial charge in [-0.3, -0.25) is 4.79 Å². The summed E-state index contributed by atoms with van der Waals surface area (Å²) >= 11 is 0. The van der Waals surface area contributed by atoms with Crippen LogP contribution >= 0.6 is 0 Å². The smallest absolute Gasteiger partial charge is 0.135 e. The highest BCUT2D eigenvalue weighted by atomic mass is 16.1. The van der Waals surface area contributed by atoms with Crippen LogP contribution in [0.3, 0.4) is 0 Å². The van der Waals surface area contributed by atoms with E-state index in [1.807, 2.05) is 0 Å².